The summed E-state index contributed by atoms with van der Waals surface area (Å²) in [4.78, 5) is 24.3. The molecule has 2 aromatic rings. The Bertz CT molecular complexity index is 729. The molecule has 2 heterocycles. The molecular weight excluding hydrogens is 264 g/mol. The summed E-state index contributed by atoms with van der Waals surface area (Å²) in [5.74, 6) is 0.661. The van der Waals surface area contributed by atoms with Gasteiger partial charge in [-0.05, 0) is 18.2 Å². The fourth-order valence-corrected chi connectivity index (χ4v) is 2.10. The van der Waals surface area contributed by atoms with Gasteiger partial charge in [0.25, 0.3) is 0 Å². The predicted molar refractivity (Wildman–Crippen MR) is 83.2 cm³/mol. The fraction of sp³-hybridized carbons (Fsp3) is 0.312. The monoisotopic (exact) mass is 282 g/mol. The molecule has 0 fully saturated rings. The van der Waals surface area contributed by atoms with Gasteiger partial charge in [-0.1, -0.05) is 32.9 Å². The number of carbonyl (C=O) groups excluding carboxylic acids is 1. The number of H-pyrrole nitrogens is 1. The Hall–Kier alpha value is -2.43. The SMILES string of the molecule is CC(C)(C)C(=O)NC1=CCN=C1c1nc2ccccc2[nH]1. The summed E-state index contributed by atoms with van der Waals surface area (Å²) in [5.41, 5.74) is 2.85. The van der Waals surface area contributed by atoms with Crippen molar-refractivity contribution in [1.82, 2.24) is 15.3 Å². The predicted octanol–water partition coefficient (Wildman–Crippen LogP) is 2.41. The number of fused-ring (bicyclic) bond motifs is 1. The van der Waals surface area contributed by atoms with Crippen LogP contribution in [0.4, 0.5) is 0 Å². The molecule has 0 atom stereocenters. The molecule has 1 aromatic heterocycles. The van der Waals surface area contributed by atoms with Gasteiger partial charge in [0, 0.05) is 5.41 Å². The molecule has 0 unspecified atom stereocenters. The normalized spacial score (nSPS) is 15.0. The lowest BCUT2D eigenvalue weighted by Crippen LogP contribution is -2.36. The van der Waals surface area contributed by atoms with Crippen molar-refractivity contribution in [1.29, 1.82) is 0 Å². The molecule has 0 spiro atoms. The van der Waals surface area contributed by atoms with Crippen molar-refractivity contribution < 1.29 is 4.79 Å². The molecule has 1 aliphatic rings. The maximum atomic E-state index is 12.1. The van der Waals surface area contributed by atoms with Crippen LogP contribution in [-0.4, -0.2) is 28.1 Å². The molecule has 1 aliphatic heterocycles. The molecule has 0 aliphatic carbocycles. The van der Waals surface area contributed by atoms with Crippen molar-refractivity contribution in [2.45, 2.75) is 20.8 Å². The highest BCUT2D eigenvalue weighted by molar-refractivity contribution is 6.14. The van der Waals surface area contributed by atoms with Crippen LogP contribution in [0.5, 0.6) is 0 Å². The van der Waals surface area contributed by atoms with Gasteiger partial charge < -0.3 is 10.3 Å². The Balaban J connectivity index is 1.88. The third kappa shape index (κ3) is 2.59. The van der Waals surface area contributed by atoms with E-state index < -0.39 is 5.41 Å². The minimum atomic E-state index is -0.442. The van der Waals surface area contributed by atoms with E-state index in [1.165, 1.54) is 0 Å². The zero-order valence-corrected chi connectivity index (χ0v) is 12.4. The molecule has 0 bridgehead atoms. The van der Waals surface area contributed by atoms with E-state index in [1.807, 2.05) is 51.1 Å². The lowest BCUT2D eigenvalue weighted by molar-refractivity contribution is -0.127. The number of aromatic nitrogens is 2. The Kier molecular flexibility index (Phi) is 3.12. The topological polar surface area (TPSA) is 70.1 Å². The molecule has 5 nitrogen and oxygen atoms in total. The summed E-state index contributed by atoms with van der Waals surface area (Å²) in [5, 5.41) is 2.94. The molecule has 5 heteroatoms. The molecule has 0 saturated carbocycles. The van der Waals surface area contributed by atoms with Crippen LogP contribution in [0.15, 0.2) is 41.0 Å². The summed E-state index contributed by atoms with van der Waals surface area (Å²) in [7, 11) is 0. The first-order valence-corrected chi connectivity index (χ1v) is 6.97. The highest BCUT2D eigenvalue weighted by Gasteiger charge is 2.25. The van der Waals surface area contributed by atoms with Crippen LogP contribution in [0.2, 0.25) is 0 Å². The fourth-order valence-electron chi connectivity index (χ4n) is 2.10. The average molecular weight is 282 g/mol. The Morgan fingerprint density at radius 2 is 2.05 bits per heavy atom. The first-order valence-electron chi connectivity index (χ1n) is 6.97. The minimum Gasteiger partial charge on any atom is -0.337 e. The van der Waals surface area contributed by atoms with Gasteiger partial charge in [0.1, 0.15) is 5.71 Å². The molecule has 21 heavy (non-hydrogen) atoms. The van der Waals surface area contributed by atoms with E-state index in [2.05, 4.69) is 20.3 Å². The van der Waals surface area contributed by atoms with Gasteiger partial charge in [0.05, 0.1) is 23.3 Å². The van der Waals surface area contributed by atoms with Crippen molar-refractivity contribution in [3.8, 4) is 0 Å². The maximum Gasteiger partial charge on any atom is 0.229 e. The second-order valence-corrected chi connectivity index (χ2v) is 6.11. The summed E-state index contributed by atoms with van der Waals surface area (Å²) in [6, 6.07) is 7.82. The number of para-hydroxylation sites is 2. The summed E-state index contributed by atoms with van der Waals surface area (Å²) in [6.07, 6.45) is 1.91. The Morgan fingerprint density at radius 1 is 1.29 bits per heavy atom. The van der Waals surface area contributed by atoms with E-state index in [1.54, 1.807) is 0 Å². The third-order valence-corrected chi connectivity index (χ3v) is 3.34. The standard InChI is InChI=1S/C16H18N4O/c1-16(2,3)15(21)20-12-8-9-17-13(12)14-18-10-6-4-5-7-11(10)19-14/h4-8H,9H2,1-3H3,(H,18,19)(H,20,21). The minimum absolute atomic E-state index is 0.0283. The molecule has 3 rings (SSSR count). The quantitative estimate of drug-likeness (QED) is 0.888. The van der Waals surface area contributed by atoms with Crippen LogP contribution in [0.3, 0.4) is 0 Å². The van der Waals surface area contributed by atoms with E-state index >= 15 is 0 Å². The van der Waals surface area contributed by atoms with Crippen LogP contribution >= 0.6 is 0 Å². The number of allylic oxidation sites excluding steroid dienone is 1. The lowest BCUT2D eigenvalue weighted by Gasteiger charge is -2.18. The second-order valence-electron chi connectivity index (χ2n) is 6.11. The summed E-state index contributed by atoms with van der Waals surface area (Å²) >= 11 is 0. The number of nitrogens with zero attached hydrogens (tertiary/aromatic N) is 2. The van der Waals surface area contributed by atoms with Gasteiger partial charge in [0.2, 0.25) is 5.91 Å². The van der Waals surface area contributed by atoms with Gasteiger partial charge >= 0.3 is 0 Å². The number of nitrogens with one attached hydrogen (secondary N) is 2. The number of carbonyl (C=O) groups is 1. The van der Waals surface area contributed by atoms with E-state index in [4.69, 9.17) is 0 Å². The van der Waals surface area contributed by atoms with E-state index in [9.17, 15) is 4.79 Å². The molecule has 1 amide bonds. The number of hydrogen-bond donors (Lipinski definition) is 2. The molecule has 0 radical (unpaired) electrons. The number of benzene rings is 1. The third-order valence-electron chi connectivity index (χ3n) is 3.34. The van der Waals surface area contributed by atoms with Crippen molar-refractivity contribution >= 4 is 22.7 Å². The van der Waals surface area contributed by atoms with Gasteiger partial charge in [-0.3, -0.25) is 9.79 Å². The zero-order chi connectivity index (χ0) is 15.0. The number of aliphatic imine (C=N–C) groups is 1. The van der Waals surface area contributed by atoms with Crippen LogP contribution in [0.25, 0.3) is 11.0 Å². The average Bonchev–Trinajstić information content (AvgIpc) is 3.02. The maximum absolute atomic E-state index is 12.1. The summed E-state index contributed by atoms with van der Waals surface area (Å²) in [6.45, 7) is 6.22. The van der Waals surface area contributed by atoms with Crippen LogP contribution in [0.1, 0.15) is 26.6 Å². The molecular formula is C16H18N4O. The van der Waals surface area contributed by atoms with Crippen LogP contribution in [0, 0.1) is 5.41 Å². The first kappa shape index (κ1) is 13.5. The van der Waals surface area contributed by atoms with Crippen LogP contribution < -0.4 is 5.32 Å². The highest BCUT2D eigenvalue weighted by atomic mass is 16.2. The van der Waals surface area contributed by atoms with Crippen molar-refractivity contribution in [2.75, 3.05) is 6.54 Å². The van der Waals surface area contributed by atoms with E-state index in [0.29, 0.717) is 18.1 Å². The Labute approximate surface area is 123 Å². The molecule has 2 N–H and O–H groups in total. The van der Waals surface area contributed by atoms with Crippen molar-refractivity contribution in [3.63, 3.8) is 0 Å². The smallest absolute Gasteiger partial charge is 0.229 e. The molecule has 1 aromatic carbocycles. The van der Waals surface area contributed by atoms with E-state index in [0.717, 1.165) is 16.7 Å². The first-order chi connectivity index (χ1) is 9.95. The number of hydrogen-bond acceptors (Lipinski definition) is 3. The molecule has 108 valence electrons. The van der Waals surface area contributed by atoms with Gasteiger partial charge in [-0.15, -0.1) is 0 Å². The Morgan fingerprint density at radius 3 is 2.76 bits per heavy atom. The largest absolute Gasteiger partial charge is 0.337 e. The lowest BCUT2D eigenvalue weighted by atomic mass is 9.95. The number of imidazole rings is 1. The summed E-state index contributed by atoms with van der Waals surface area (Å²) < 4.78 is 0. The molecule has 0 saturated heterocycles. The number of aromatic amines is 1. The van der Waals surface area contributed by atoms with Gasteiger partial charge in [-0.25, -0.2) is 4.98 Å². The van der Waals surface area contributed by atoms with E-state index in [-0.39, 0.29) is 5.91 Å². The number of rotatable bonds is 2. The second kappa shape index (κ2) is 4.84. The van der Waals surface area contributed by atoms with Crippen molar-refractivity contribution in [3.05, 3.63) is 41.9 Å². The number of amides is 1. The van der Waals surface area contributed by atoms with Crippen molar-refractivity contribution in [2.24, 2.45) is 10.4 Å². The highest BCUT2D eigenvalue weighted by Crippen LogP contribution is 2.18. The van der Waals surface area contributed by atoms with Gasteiger partial charge in [-0.2, -0.15) is 0 Å². The van der Waals surface area contributed by atoms with Crippen LogP contribution in [-0.2, 0) is 4.79 Å². The van der Waals surface area contributed by atoms with Gasteiger partial charge in [0.15, 0.2) is 5.82 Å². The zero-order valence-electron chi connectivity index (χ0n) is 12.4.